The van der Waals surface area contributed by atoms with Crippen LogP contribution in [0.5, 0.6) is 0 Å². The minimum atomic E-state index is -0.276. The van der Waals surface area contributed by atoms with Crippen molar-refractivity contribution in [3.63, 3.8) is 0 Å². The molecular formula is C20H18ClN5O. The second-order valence-corrected chi connectivity index (χ2v) is 7.00. The van der Waals surface area contributed by atoms with E-state index in [1.54, 1.807) is 12.3 Å². The highest BCUT2D eigenvalue weighted by molar-refractivity contribution is 6.35. The van der Waals surface area contributed by atoms with E-state index < -0.39 is 0 Å². The Bertz CT molecular complexity index is 1160. The van der Waals surface area contributed by atoms with Crippen molar-refractivity contribution in [3.05, 3.63) is 64.0 Å². The van der Waals surface area contributed by atoms with Crippen LogP contribution in [-0.4, -0.2) is 26.2 Å². The van der Waals surface area contributed by atoms with E-state index in [4.69, 9.17) is 11.6 Å². The second-order valence-electron chi connectivity index (χ2n) is 6.60. The molecular weight excluding hydrogens is 362 g/mol. The van der Waals surface area contributed by atoms with Gasteiger partial charge in [-0.1, -0.05) is 41.9 Å². The molecule has 0 bridgehead atoms. The number of anilines is 1. The van der Waals surface area contributed by atoms with Crippen LogP contribution >= 0.6 is 11.6 Å². The molecule has 0 aliphatic carbocycles. The lowest BCUT2D eigenvalue weighted by atomic mass is 10.0. The van der Waals surface area contributed by atoms with Crippen molar-refractivity contribution in [2.45, 2.75) is 19.9 Å². The molecule has 0 amide bonds. The number of fused-ring (bicyclic) bond motifs is 1. The van der Waals surface area contributed by atoms with Gasteiger partial charge in [-0.05, 0) is 26.0 Å². The molecule has 3 N–H and O–H groups in total. The van der Waals surface area contributed by atoms with E-state index in [2.05, 4.69) is 25.5 Å². The predicted octanol–water partition coefficient (Wildman–Crippen LogP) is 4.45. The molecule has 0 saturated heterocycles. The van der Waals surface area contributed by atoms with E-state index in [0.29, 0.717) is 22.2 Å². The van der Waals surface area contributed by atoms with Crippen molar-refractivity contribution >= 4 is 28.3 Å². The Morgan fingerprint density at radius 1 is 1.11 bits per heavy atom. The maximum atomic E-state index is 12.6. The molecule has 0 aliphatic heterocycles. The number of hydrogen-bond donors (Lipinski definition) is 3. The Morgan fingerprint density at radius 2 is 1.89 bits per heavy atom. The predicted molar refractivity (Wildman–Crippen MR) is 109 cm³/mol. The fourth-order valence-corrected chi connectivity index (χ4v) is 3.26. The fourth-order valence-electron chi connectivity index (χ4n) is 2.99. The molecule has 4 aromatic rings. The monoisotopic (exact) mass is 379 g/mol. The Hall–Kier alpha value is -3.12. The van der Waals surface area contributed by atoms with Crippen LogP contribution in [0, 0.1) is 0 Å². The first-order valence-corrected chi connectivity index (χ1v) is 9.00. The largest absolute Gasteiger partial charge is 0.363 e. The second kappa shape index (κ2) is 6.89. The lowest BCUT2D eigenvalue weighted by Gasteiger charge is -2.14. The van der Waals surface area contributed by atoms with Gasteiger partial charge in [-0.3, -0.25) is 9.89 Å². The first-order chi connectivity index (χ1) is 13.0. The van der Waals surface area contributed by atoms with E-state index >= 15 is 0 Å². The number of nitrogens with zero attached hydrogens (tertiary/aromatic N) is 2. The summed E-state index contributed by atoms with van der Waals surface area (Å²) in [7, 11) is 0. The lowest BCUT2D eigenvalue weighted by Crippen LogP contribution is -2.22. The van der Waals surface area contributed by atoms with Crippen molar-refractivity contribution in [3.8, 4) is 22.5 Å². The van der Waals surface area contributed by atoms with E-state index in [1.807, 2.05) is 50.2 Å². The molecule has 0 atom stereocenters. The van der Waals surface area contributed by atoms with Gasteiger partial charge in [-0.2, -0.15) is 5.10 Å². The van der Waals surface area contributed by atoms with E-state index in [1.165, 1.54) is 0 Å². The zero-order valence-electron chi connectivity index (χ0n) is 14.9. The van der Waals surface area contributed by atoms with Crippen molar-refractivity contribution < 1.29 is 0 Å². The van der Waals surface area contributed by atoms with Crippen LogP contribution in [0.1, 0.15) is 13.8 Å². The summed E-state index contributed by atoms with van der Waals surface area (Å²) in [6, 6.07) is 13.6. The number of aromatic amines is 2. The quantitative estimate of drug-likeness (QED) is 0.488. The molecule has 0 aliphatic rings. The molecule has 0 spiro atoms. The molecule has 4 rings (SSSR count). The summed E-state index contributed by atoms with van der Waals surface area (Å²) in [6.45, 7) is 3.92. The molecule has 0 fully saturated rings. The zero-order valence-corrected chi connectivity index (χ0v) is 15.6. The summed E-state index contributed by atoms with van der Waals surface area (Å²) in [5, 5.41) is 11.4. The maximum Gasteiger partial charge on any atom is 0.291 e. The number of aromatic nitrogens is 4. The summed E-state index contributed by atoms with van der Waals surface area (Å²) in [4.78, 5) is 20.2. The average molecular weight is 380 g/mol. The van der Waals surface area contributed by atoms with Crippen LogP contribution in [0.3, 0.4) is 0 Å². The van der Waals surface area contributed by atoms with E-state index in [-0.39, 0.29) is 11.6 Å². The van der Waals surface area contributed by atoms with Crippen molar-refractivity contribution in [2.24, 2.45) is 0 Å². The normalized spacial score (nSPS) is 11.3. The SMILES string of the molecule is CC(C)Nc1nc(-c2ccccc2)c(-c2cc(Cl)c3[nH]ncc3c2)[nH]c1=O. The van der Waals surface area contributed by atoms with Crippen LogP contribution in [0.4, 0.5) is 5.82 Å². The Balaban J connectivity index is 1.98. The number of H-pyrrole nitrogens is 2. The Kier molecular flexibility index (Phi) is 4.41. The van der Waals surface area contributed by atoms with Crippen LogP contribution in [0.2, 0.25) is 5.02 Å². The Morgan fingerprint density at radius 3 is 2.63 bits per heavy atom. The van der Waals surface area contributed by atoms with Crippen molar-refractivity contribution in [1.82, 2.24) is 20.2 Å². The number of nitrogens with one attached hydrogen (secondary N) is 3. The summed E-state index contributed by atoms with van der Waals surface area (Å²) in [5.74, 6) is 0.295. The molecule has 0 saturated carbocycles. The summed E-state index contributed by atoms with van der Waals surface area (Å²) >= 11 is 6.40. The Labute approximate surface area is 160 Å². The van der Waals surface area contributed by atoms with Crippen LogP contribution in [0.15, 0.2) is 53.5 Å². The van der Waals surface area contributed by atoms with Gasteiger partial charge in [-0.25, -0.2) is 4.98 Å². The molecule has 136 valence electrons. The van der Waals surface area contributed by atoms with Crippen LogP contribution in [0.25, 0.3) is 33.4 Å². The van der Waals surface area contributed by atoms with Gasteiger partial charge in [-0.15, -0.1) is 0 Å². The molecule has 27 heavy (non-hydrogen) atoms. The average Bonchev–Trinajstić information content (AvgIpc) is 3.13. The molecule has 0 unspecified atom stereocenters. The van der Waals surface area contributed by atoms with Crippen molar-refractivity contribution in [2.75, 3.05) is 5.32 Å². The highest BCUT2D eigenvalue weighted by Crippen LogP contribution is 2.33. The third-order valence-corrected chi connectivity index (χ3v) is 4.47. The van der Waals surface area contributed by atoms with Crippen LogP contribution < -0.4 is 10.9 Å². The number of rotatable bonds is 4. The topological polar surface area (TPSA) is 86.5 Å². The van der Waals surface area contributed by atoms with Crippen molar-refractivity contribution in [1.29, 1.82) is 0 Å². The van der Waals surface area contributed by atoms with Gasteiger partial charge in [0, 0.05) is 22.6 Å². The summed E-state index contributed by atoms with van der Waals surface area (Å²) in [5.41, 5.74) is 3.45. The van der Waals surface area contributed by atoms with E-state index in [9.17, 15) is 4.79 Å². The summed E-state index contributed by atoms with van der Waals surface area (Å²) in [6.07, 6.45) is 1.70. The van der Waals surface area contributed by atoms with Gasteiger partial charge in [0.05, 0.1) is 28.1 Å². The molecule has 2 heterocycles. The first kappa shape index (κ1) is 17.3. The van der Waals surface area contributed by atoms with Gasteiger partial charge in [0.1, 0.15) is 0 Å². The minimum Gasteiger partial charge on any atom is -0.363 e. The minimum absolute atomic E-state index is 0.0878. The molecule has 2 aromatic carbocycles. The number of benzene rings is 2. The highest BCUT2D eigenvalue weighted by Gasteiger charge is 2.16. The molecule has 7 heteroatoms. The molecule has 2 aromatic heterocycles. The number of hydrogen-bond acceptors (Lipinski definition) is 4. The van der Waals surface area contributed by atoms with Gasteiger partial charge < -0.3 is 10.3 Å². The highest BCUT2D eigenvalue weighted by atomic mass is 35.5. The smallest absolute Gasteiger partial charge is 0.291 e. The van der Waals surface area contributed by atoms with Gasteiger partial charge >= 0.3 is 0 Å². The molecule has 6 nitrogen and oxygen atoms in total. The van der Waals surface area contributed by atoms with Crippen LogP contribution in [-0.2, 0) is 0 Å². The maximum absolute atomic E-state index is 12.6. The van der Waals surface area contributed by atoms with Gasteiger partial charge in [0.15, 0.2) is 5.82 Å². The molecule has 0 radical (unpaired) electrons. The first-order valence-electron chi connectivity index (χ1n) is 8.62. The summed E-state index contributed by atoms with van der Waals surface area (Å²) < 4.78 is 0. The fraction of sp³-hybridized carbons (Fsp3) is 0.150. The third kappa shape index (κ3) is 3.31. The lowest BCUT2D eigenvalue weighted by molar-refractivity contribution is 0.881. The van der Waals surface area contributed by atoms with E-state index in [0.717, 1.165) is 22.0 Å². The third-order valence-electron chi connectivity index (χ3n) is 4.18. The van der Waals surface area contributed by atoms with Gasteiger partial charge in [0.2, 0.25) is 0 Å². The number of halogens is 1. The zero-order chi connectivity index (χ0) is 19.0. The standard InChI is InChI=1S/C20H18ClN5O/c1-11(2)23-19-20(27)25-18(17(24-19)12-6-4-3-5-7-12)13-8-14-10-22-26-16(14)15(21)9-13/h3-11H,1-2H3,(H,22,26)(H,23,24)(H,25,27). The van der Waals surface area contributed by atoms with Gasteiger partial charge in [0.25, 0.3) is 5.56 Å².